The van der Waals surface area contributed by atoms with E-state index in [0.717, 1.165) is 24.4 Å². The number of rotatable bonds is 4. The second-order valence-corrected chi connectivity index (χ2v) is 3.60. The van der Waals surface area contributed by atoms with E-state index in [1.54, 1.807) is 6.20 Å². The molecule has 2 heterocycles. The highest BCUT2D eigenvalue weighted by Gasteiger charge is 2.09. The molecule has 4 heteroatoms. The van der Waals surface area contributed by atoms with Crippen molar-refractivity contribution in [3.8, 4) is 0 Å². The fourth-order valence-electron chi connectivity index (χ4n) is 1.58. The number of nitrogens with zero attached hydrogens (tertiary/aromatic N) is 2. The van der Waals surface area contributed by atoms with Gasteiger partial charge in [0.15, 0.2) is 17.1 Å². The number of likely N-dealkylation sites (N-methyl/N-ethyl adjacent to an activating group) is 1. The van der Waals surface area contributed by atoms with E-state index in [-0.39, 0.29) is 0 Å². The largest absolute Gasteiger partial charge is 0.439 e. The minimum absolute atomic E-state index is 0.378. The van der Waals surface area contributed by atoms with Crippen molar-refractivity contribution in [2.75, 3.05) is 6.54 Å². The van der Waals surface area contributed by atoms with E-state index in [2.05, 4.69) is 29.1 Å². The molecular weight excluding hydrogens is 190 g/mol. The number of fused-ring (bicyclic) bond motifs is 1. The molecule has 1 unspecified atom stereocenters. The molecule has 0 aliphatic rings. The molecule has 2 aromatic heterocycles. The fraction of sp³-hybridized carbons (Fsp3) is 0.455. The summed E-state index contributed by atoms with van der Waals surface area (Å²) in [7, 11) is 0. The van der Waals surface area contributed by atoms with Gasteiger partial charge in [-0.15, -0.1) is 0 Å². The third kappa shape index (κ3) is 2.33. The first-order valence-corrected chi connectivity index (χ1v) is 5.23. The molecule has 4 nitrogen and oxygen atoms in total. The fourth-order valence-corrected chi connectivity index (χ4v) is 1.58. The highest BCUT2D eigenvalue weighted by Crippen LogP contribution is 2.13. The maximum Gasteiger partial charge on any atom is 0.198 e. The standard InChI is InChI=1S/C11H15N3O/c1-3-12-8(2)7-10-14-11-9(15-10)5-4-6-13-11/h4-6,8,12H,3,7H2,1-2H3. The van der Waals surface area contributed by atoms with Gasteiger partial charge in [0.25, 0.3) is 0 Å². The van der Waals surface area contributed by atoms with Crippen LogP contribution in [0.4, 0.5) is 0 Å². The molecule has 0 spiro atoms. The number of oxazole rings is 1. The summed E-state index contributed by atoms with van der Waals surface area (Å²) in [5.41, 5.74) is 1.45. The Balaban J connectivity index is 2.15. The van der Waals surface area contributed by atoms with Crippen LogP contribution < -0.4 is 5.32 Å². The van der Waals surface area contributed by atoms with E-state index >= 15 is 0 Å². The SMILES string of the molecule is CCNC(C)Cc1nc2ncccc2o1. The Morgan fingerprint density at radius 2 is 2.40 bits per heavy atom. The molecule has 0 aliphatic carbocycles. The molecule has 0 amide bonds. The van der Waals surface area contributed by atoms with Gasteiger partial charge in [-0.05, 0) is 25.6 Å². The van der Waals surface area contributed by atoms with Gasteiger partial charge >= 0.3 is 0 Å². The number of nitrogens with one attached hydrogen (secondary N) is 1. The minimum Gasteiger partial charge on any atom is -0.439 e. The Labute approximate surface area is 88.7 Å². The van der Waals surface area contributed by atoms with Crippen molar-refractivity contribution in [1.29, 1.82) is 0 Å². The van der Waals surface area contributed by atoms with E-state index in [1.165, 1.54) is 0 Å². The highest BCUT2D eigenvalue weighted by molar-refractivity contribution is 5.66. The van der Waals surface area contributed by atoms with Gasteiger partial charge in [-0.25, -0.2) is 4.98 Å². The van der Waals surface area contributed by atoms with Crippen molar-refractivity contribution in [2.45, 2.75) is 26.3 Å². The van der Waals surface area contributed by atoms with Crippen molar-refractivity contribution in [3.63, 3.8) is 0 Å². The molecule has 15 heavy (non-hydrogen) atoms. The lowest BCUT2D eigenvalue weighted by atomic mass is 10.2. The Morgan fingerprint density at radius 3 is 3.13 bits per heavy atom. The maximum atomic E-state index is 5.57. The third-order valence-electron chi connectivity index (χ3n) is 2.24. The molecule has 0 aliphatic heterocycles. The topological polar surface area (TPSA) is 51.0 Å². The average molecular weight is 205 g/mol. The van der Waals surface area contributed by atoms with Crippen LogP contribution in [0, 0.1) is 0 Å². The molecular formula is C11H15N3O. The summed E-state index contributed by atoms with van der Waals surface area (Å²) >= 11 is 0. The average Bonchev–Trinajstić information content (AvgIpc) is 2.59. The molecule has 2 rings (SSSR count). The van der Waals surface area contributed by atoms with Crippen LogP contribution >= 0.6 is 0 Å². The normalized spacial score (nSPS) is 13.2. The lowest BCUT2D eigenvalue weighted by molar-refractivity contribution is 0.469. The van der Waals surface area contributed by atoms with E-state index in [9.17, 15) is 0 Å². The first kappa shape index (κ1) is 10.1. The lowest BCUT2D eigenvalue weighted by Gasteiger charge is -2.08. The van der Waals surface area contributed by atoms with Crippen LogP contribution in [-0.2, 0) is 6.42 Å². The lowest BCUT2D eigenvalue weighted by Crippen LogP contribution is -2.27. The second-order valence-electron chi connectivity index (χ2n) is 3.60. The van der Waals surface area contributed by atoms with Crippen LogP contribution in [0.15, 0.2) is 22.7 Å². The molecule has 0 fully saturated rings. The van der Waals surface area contributed by atoms with Gasteiger partial charge < -0.3 is 9.73 Å². The number of aromatic nitrogens is 2. The number of hydrogen-bond acceptors (Lipinski definition) is 4. The quantitative estimate of drug-likeness (QED) is 0.826. The third-order valence-corrected chi connectivity index (χ3v) is 2.24. The molecule has 0 saturated heterocycles. The van der Waals surface area contributed by atoms with Crippen LogP contribution in [0.2, 0.25) is 0 Å². The van der Waals surface area contributed by atoms with Gasteiger partial charge in [-0.3, -0.25) is 0 Å². The molecule has 0 radical (unpaired) electrons. The molecule has 80 valence electrons. The van der Waals surface area contributed by atoms with Crippen molar-refractivity contribution >= 4 is 11.2 Å². The van der Waals surface area contributed by atoms with Crippen LogP contribution in [0.1, 0.15) is 19.7 Å². The van der Waals surface area contributed by atoms with Crippen molar-refractivity contribution in [3.05, 3.63) is 24.2 Å². The van der Waals surface area contributed by atoms with Gasteiger partial charge in [-0.1, -0.05) is 6.92 Å². The van der Waals surface area contributed by atoms with Gasteiger partial charge in [0.1, 0.15) is 0 Å². The summed E-state index contributed by atoms with van der Waals surface area (Å²) in [4.78, 5) is 8.45. The maximum absolute atomic E-state index is 5.57. The smallest absolute Gasteiger partial charge is 0.198 e. The molecule has 1 N–H and O–H groups in total. The summed E-state index contributed by atoms with van der Waals surface area (Å²) in [6.45, 7) is 5.16. The van der Waals surface area contributed by atoms with Crippen LogP contribution in [0.3, 0.4) is 0 Å². The first-order chi connectivity index (χ1) is 7.29. The van der Waals surface area contributed by atoms with Gasteiger partial charge in [0.2, 0.25) is 0 Å². The Kier molecular flexibility index (Phi) is 2.97. The van der Waals surface area contributed by atoms with E-state index in [0.29, 0.717) is 11.7 Å². The van der Waals surface area contributed by atoms with Crippen LogP contribution in [0.5, 0.6) is 0 Å². The predicted molar refractivity (Wildman–Crippen MR) is 58.6 cm³/mol. The van der Waals surface area contributed by atoms with Crippen LogP contribution in [-0.4, -0.2) is 22.6 Å². The zero-order chi connectivity index (χ0) is 10.7. The minimum atomic E-state index is 0.378. The summed E-state index contributed by atoms with van der Waals surface area (Å²) < 4.78 is 5.57. The van der Waals surface area contributed by atoms with E-state index in [4.69, 9.17) is 4.42 Å². The molecule has 2 aromatic rings. The van der Waals surface area contributed by atoms with Crippen molar-refractivity contribution in [2.24, 2.45) is 0 Å². The predicted octanol–water partition coefficient (Wildman–Crippen LogP) is 1.76. The summed E-state index contributed by atoms with van der Waals surface area (Å²) in [6.07, 6.45) is 2.52. The Hall–Kier alpha value is -1.42. The van der Waals surface area contributed by atoms with E-state index < -0.39 is 0 Å². The second kappa shape index (κ2) is 4.40. The number of pyridine rings is 1. The Bertz CT molecular complexity index is 405. The summed E-state index contributed by atoms with van der Waals surface area (Å²) in [6, 6.07) is 4.12. The van der Waals surface area contributed by atoms with E-state index in [1.807, 2.05) is 12.1 Å². The van der Waals surface area contributed by atoms with Gasteiger partial charge in [0, 0.05) is 18.7 Å². The summed E-state index contributed by atoms with van der Waals surface area (Å²) in [5, 5.41) is 3.32. The molecule has 0 saturated carbocycles. The molecule has 0 aromatic carbocycles. The molecule has 0 bridgehead atoms. The van der Waals surface area contributed by atoms with Crippen molar-refractivity contribution < 1.29 is 4.42 Å². The van der Waals surface area contributed by atoms with Gasteiger partial charge in [0.05, 0.1) is 0 Å². The highest BCUT2D eigenvalue weighted by atomic mass is 16.3. The monoisotopic (exact) mass is 205 g/mol. The van der Waals surface area contributed by atoms with Crippen molar-refractivity contribution in [1.82, 2.24) is 15.3 Å². The summed E-state index contributed by atoms with van der Waals surface area (Å²) in [5.74, 6) is 0.747. The van der Waals surface area contributed by atoms with Gasteiger partial charge in [-0.2, -0.15) is 4.98 Å². The zero-order valence-corrected chi connectivity index (χ0v) is 9.03. The van der Waals surface area contributed by atoms with Crippen LogP contribution in [0.25, 0.3) is 11.2 Å². The number of hydrogen-bond donors (Lipinski definition) is 1. The zero-order valence-electron chi connectivity index (χ0n) is 9.03. The molecule has 1 atom stereocenters. The first-order valence-electron chi connectivity index (χ1n) is 5.23. The Morgan fingerprint density at radius 1 is 1.53 bits per heavy atom.